The predicted molar refractivity (Wildman–Crippen MR) is 54.7 cm³/mol. The van der Waals surface area contributed by atoms with Crippen LogP contribution in [0.2, 0.25) is 0 Å². The van der Waals surface area contributed by atoms with E-state index in [2.05, 4.69) is 5.10 Å². The van der Waals surface area contributed by atoms with Gasteiger partial charge in [0.1, 0.15) is 5.60 Å². The molecule has 0 atom stereocenters. The Bertz CT molecular complexity index is 254. The minimum absolute atomic E-state index is 0.192. The van der Waals surface area contributed by atoms with Gasteiger partial charge >= 0.3 is 6.09 Å². The Morgan fingerprint density at radius 2 is 2.20 bits per heavy atom. The van der Waals surface area contributed by atoms with Gasteiger partial charge < -0.3 is 9.64 Å². The van der Waals surface area contributed by atoms with E-state index < -0.39 is 5.60 Å². The number of ether oxygens (including phenoxy) is 1. The summed E-state index contributed by atoms with van der Waals surface area (Å²) in [7, 11) is 0. The highest BCUT2D eigenvalue weighted by Crippen LogP contribution is 2.17. The SMILES string of the molecule is CC(C)(C)OC(=O)N1CC(C=NNO)C1. The minimum atomic E-state index is -0.455. The first-order valence-electron chi connectivity index (χ1n) is 4.82. The van der Waals surface area contributed by atoms with Crippen LogP contribution in [0, 0.1) is 5.92 Å². The molecule has 1 heterocycles. The third-order valence-corrected chi connectivity index (χ3v) is 1.90. The topological polar surface area (TPSA) is 74.2 Å². The number of hydrogen-bond donors (Lipinski definition) is 2. The lowest BCUT2D eigenvalue weighted by atomic mass is 10.0. The maximum Gasteiger partial charge on any atom is 0.410 e. The molecule has 1 rings (SSSR count). The van der Waals surface area contributed by atoms with Gasteiger partial charge in [-0.1, -0.05) is 0 Å². The highest BCUT2D eigenvalue weighted by atomic mass is 16.6. The summed E-state index contributed by atoms with van der Waals surface area (Å²) in [5, 5.41) is 11.7. The van der Waals surface area contributed by atoms with E-state index in [1.807, 2.05) is 20.8 Å². The molecule has 6 heteroatoms. The van der Waals surface area contributed by atoms with Crippen LogP contribution in [0.3, 0.4) is 0 Å². The number of rotatable bonds is 2. The molecule has 0 aliphatic carbocycles. The van der Waals surface area contributed by atoms with E-state index >= 15 is 0 Å². The van der Waals surface area contributed by atoms with E-state index in [1.165, 1.54) is 0 Å². The van der Waals surface area contributed by atoms with Crippen LogP contribution < -0.4 is 5.59 Å². The molecule has 0 bridgehead atoms. The number of likely N-dealkylation sites (tertiary alicyclic amines) is 1. The van der Waals surface area contributed by atoms with Gasteiger partial charge in [-0.15, -0.1) is 0 Å². The molecule has 0 aromatic heterocycles. The van der Waals surface area contributed by atoms with Crippen molar-refractivity contribution in [2.24, 2.45) is 11.0 Å². The summed E-state index contributed by atoms with van der Waals surface area (Å²) in [6, 6.07) is 0. The Morgan fingerprint density at radius 3 is 2.67 bits per heavy atom. The summed E-state index contributed by atoms with van der Waals surface area (Å²) in [4.78, 5) is 13.1. The van der Waals surface area contributed by atoms with E-state index in [0.29, 0.717) is 13.1 Å². The summed E-state index contributed by atoms with van der Waals surface area (Å²) in [5.74, 6) is 0.192. The Balaban J connectivity index is 2.27. The van der Waals surface area contributed by atoms with Crippen LogP contribution in [-0.4, -0.2) is 41.1 Å². The molecule has 0 aromatic rings. The zero-order valence-electron chi connectivity index (χ0n) is 9.23. The molecule has 0 saturated carbocycles. The second-order valence-corrected chi connectivity index (χ2v) is 4.52. The molecule has 1 fully saturated rings. The van der Waals surface area contributed by atoms with Crippen molar-refractivity contribution in [3.05, 3.63) is 0 Å². The van der Waals surface area contributed by atoms with Crippen molar-refractivity contribution < 1.29 is 14.7 Å². The minimum Gasteiger partial charge on any atom is -0.444 e. The zero-order valence-corrected chi connectivity index (χ0v) is 9.23. The summed E-state index contributed by atoms with van der Waals surface area (Å²) in [6.07, 6.45) is 1.27. The van der Waals surface area contributed by atoms with Gasteiger partial charge in [0.25, 0.3) is 0 Å². The van der Waals surface area contributed by atoms with Gasteiger partial charge in [0, 0.05) is 25.2 Å². The lowest BCUT2D eigenvalue weighted by molar-refractivity contribution is 0.00725. The number of hydrazone groups is 1. The van der Waals surface area contributed by atoms with E-state index in [9.17, 15) is 4.79 Å². The third-order valence-electron chi connectivity index (χ3n) is 1.90. The van der Waals surface area contributed by atoms with Gasteiger partial charge in [-0.05, 0) is 20.8 Å². The maximum absolute atomic E-state index is 11.5. The highest BCUT2D eigenvalue weighted by Gasteiger charge is 2.32. The fourth-order valence-corrected chi connectivity index (χ4v) is 1.22. The second kappa shape index (κ2) is 4.48. The van der Waals surface area contributed by atoms with Crippen LogP contribution >= 0.6 is 0 Å². The van der Waals surface area contributed by atoms with Crippen molar-refractivity contribution >= 4 is 12.3 Å². The second-order valence-electron chi connectivity index (χ2n) is 4.52. The highest BCUT2D eigenvalue weighted by molar-refractivity contribution is 5.73. The van der Waals surface area contributed by atoms with Gasteiger partial charge in [0.05, 0.1) is 0 Å². The Kier molecular flexibility index (Phi) is 3.52. The fraction of sp³-hybridized carbons (Fsp3) is 0.778. The van der Waals surface area contributed by atoms with Crippen molar-refractivity contribution in [3.8, 4) is 0 Å². The number of nitrogens with one attached hydrogen (secondary N) is 1. The largest absolute Gasteiger partial charge is 0.444 e. The molecule has 1 aliphatic rings. The quantitative estimate of drug-likeness (QED) is 0.528. The molecule has 86 valence electrons. The molecule has 1 aliphatic heterocycles. The molecular formula is C9H17N3O3. The zero-order chi connectivity index (χ0) is 11.5. The first-order chi connectivity index (χ1) is 6.92. The summed E-state index contributed by atoms with van der Waals surface area (Å²) >= 11 is 0. The van der Waals surface area contributed by atoms with Crippen LogP contribution in [0.4, 0.5) is 4.79 Å². The maximum atomic E-state index is 11.5. The van der Waals surface area contributed by atoms with Gasteiger partial charge in [0.15, 0.2) is 0 Å². The summed E-state index contributed by atoms with van der Waals surface area (Å²) < 4.78 is 5.17. The van der Waals surface area contributed by atoms with E-state index in [4.69, 9.17) is 9.94 Å². The van der Waals surface area contributed by atoms with Crippen LogP contribution in [-0.2, 0) is 4.74 Å². The van der Waals surface area contributed by atoms with Crippen LogP contribution in [0.1, 0.15) is 20.8 Å². The summed E-state index contributed by atoms with van der Waals surface area (Å²) in [5.41, 5.74) is 1.23. The van der Waals surface area contributed by atoms with Gasteiger partial charge in [-0.3, -0.25) is 5.21 Å². The Hall–Kier alpha value is -1.30. The van der Waals surface area contributed by atoms with Crippen LogP contribution in [0.25, 0.3) is 0 Å². The molecule has 6 nitrogen and oxygen atoms in total. The molecule has 15 heavy (non-hydrogen) atoms. The molecule has 1 amide bonds. The number of hydrogen-bond acceptors (Lipinski definition) is 5. The fourth-order valence-electron chi connectivity index (χ4n) is 1.22. The van der Waals surface area contributed by atoms with E-state index in [1.54, 1.807) is 16.7 Å². The van der Waals surface area contributed by atoms with Crippen molar-refractivity contribution in [1.29, 1.82) is 0 Å². The lowest BCUT2D eigenvalue weighted by Crippen LogP contribution is -2.52. The van der Waals surface area contributed by atoms with Crippen molar-refractivity contribution in [1.82, 2.24) is 10.5 Å². The molecule has 0 aromatic carbocycles. The third kappa shape index (κ3) is 3.75. The number of nitrogens with zero attached hydrogens (tertiary/aromatic N) is 2. The number of amides is 1. The average molecular weight is 215 g/mol. The molecule has 0 spiro atoms. The van der Waals surface area contributed by atoms with Crippen LogP contribution in [0.5, 0.6) is 0 Å². The smallest absolute Gasteiger partial charge is 0.410 e. The Morgan fingerprint density at radius 1 is 1.60 bits per heavy atom. The normalized spacial score (nSPS) is 17.7. The lowest BCUT2D eigenvalue weighted by Gasteiger charge is -2.37. The van der Waals surface area contributed by atoms with Crippen molar-refractivity contribution in [2.45, 2.75) is 26.4 Å². The van der Waals surface area contributed by atoms with Gasteiger partial charge in [-0.2, -0.15) is 10.7 Å². The molecule has 2 N–H and O–H groups in total. The number of carbonyl (C=O) groups is 1. The molecule has 1 saturated heterocycles. The average Bonchev–Trinajstić information content (AvgIpc) is 1.98. The van der Waals surface area contributed by atoms with Crippen molar-refractivity contribution in [2.75, 3.05) is 13.1 Å². The van der Waals surface area contributed by atoms with Crippen LogP contribution in [0.15, 0.2) is 5.10 Å². The first kappa shape index (κ1) is 11.8. The number of carbonyl (C=O) groups excluding carboxylic acids is 1. The predicted octanol–water partition coefficient (Wildman–Crippen LogP) is 0.818. The summed E-state index contributed by atoms with van der Waals surface area (Å²) in [6.45, 7) is 6.66. The van der Waals surface area contributed by atoms with Crippen molar-refractivity contribution in [3.63, 3.8) is 0 Å². The molecule has 0 unspecified atom stereocenters. The monoisotopic (exact) mass is 215 g/mol. The van der Waals surface area contributed by atoms with E-state index in [0.717, 1.165) is 0 Å². The van der Waals surface area contributed by atoms with E-state index in [-0.39, 0.29) is 12.0 Å². The standard InChI is InChI=1S/C9H17N3O3/c1-9(2,3)15-8(13)12-5-7(6-12)4-10-11-14/h4,7,11,14H,5-6H2,1-3H3. The Labute approximate surface area is 88.9 Å². The van der Waals surface area contributed by atoms with Gasteiger partial charge in [-0.25, -0.2) is 4.79 Å². The van der Waals surface area contributed by atoms with Gasteiger partial charge in [0.2, 0.25) is 0 Å². The first-order valence-corrected chi connectivity index (χ1v) is 4.82. The molecular weight excluding hydrogens is 198 g/mol. The molecule has 0 radical (unpaired) electrons.